The normalized spacial score (nSPS) is 40.5. The minimum Gasteiger partial charge on any atom is -0.465 e. The van der Waals surface area contributed by atoms with Gasteiger partial charge in [-0.05, 0) is 25.7 Å². The fraction of sp³-hybridized carbons (Fsp3) is 0.706. The molecule has 1 fully saturated rings. The lowest BCUT2D eigenvalue weighted by Crippen LogP contribution is -2.56. The number of fused-ring (bicyclic) bond motifs is 2. The van der Waals surface area contributed by atoms with E-state index in [1.54, 1.807) is 0 Å². The Morgan fingerprint density at radius 2 is 2.25 bits per heavy atom. The summed E-state index contributed by atoms with van der Waals surface area (Å²) in [4.78, 5) is 11.2. The Morgan fingerprint density at radius 1 is 1.55 bits per heavy atom. The highest BCUT2D eigenvalue weighted by Crippen LogP contribution is 2.52. The van der Waals surface area contributed by atoms with Crippen molar-refractivity contribution in [3.63, 3.8) is 0 Å². The van der Waals surface area contributed by atoms with Gasteiger partial charge in [0.05, 0.1) is 19.3 Å². The SMILES string of the molecule is C/C=C/[C@H]1OC[C@]2(COC(C)=O)[C@H](C)[C@@H]1C(C)=C[C@@H]2C. The highest BCUT2D eigenvalue weighted by Gasteiger charge is 2.53. The lowest BCUT2D eigenvalue weighted by molar-refractivity contribution is -0.171. The molecule has 20 heavy (non-hydrogen) atoms. The van der Waals surface area contributed by atoms with E-state index in [4.69, 9.17) is 9.47 Å². The molecule has 0 aromatic rings. The summed E-state index contributed by atoms with van der Waals surface area (Å²) < 4.78 is 11.5. The van der Waals surface area contributed by atoms with Crippen LogP contribution in [0.15, 0.2) is 23.8 Å². The van der Waals surface area contributed by atoms with Gasteiger partial charge in [0.25, 0.3) is 0 Å². The van der Waals surface area contributed by atoms with Crippen LogP contribution in [0.25, 0.3) is 0 Å². The number of allylic oxidation sites excluding steroid dienone is 2. The molecular weight excluding hydrogens is 252 g/mol. The van der Waals surface area contributed by atoms with E-state index in [2.05, 4.69) is 39.0 Å². The number of carbonyl (C=O) groups excluding carboxylic acids is 1. The Hall–Kier alpha value is -1.09. The lowest BCUT2D eigenvalue weighted by Gasteiger charge is -2.54. The Balaban J connectivity index is 2.32. The van der Waals surface area contributed by atoms with Crippen molar-refractivity contribution in [1.82, 2.24) is 0 Å². The van der Waals surface area contributed by atoms with Crippen LogP contribution in [-0.2, 0) is 14.3 Å². The van der Waals surface area contributed by atoms with Crippen LogP contribution in [-0.4, -0.2) is 25.3 Å². The van der Waals surface area contributed by atoms with Gasteiger partial charge >= 0.3 is 5.97 Å². The zero-order chi connectivity index (χ0) is 14.9. The van der Waals surface area contributed by atoms with E-state index in [1.165, 1.54) is 12.5 Å². The van der Waals surface area contributed by atoms with Gasteiger partial charge in [-0.25, -0.2) is 0 Å². The average molecular weight is 278 g/mol. The Kier molecular flexibility index (Phi) is 4.38. The quantitative estimate of drug-likeness (QED) is 0.586. The van der Waals surface area contributed by atoms with Crippen molar-refractivity contribution in [2.75, 3.05) is 13.2 Å². The summed E-state index contributed by atoms with van der Waals surface area (Å²) >= 11 is 0. The first-order valence-electron chi connectivity index (χ1n) is 7.48. The molecule has 0 N–H and O–H groups in total. The number of rotatable bonds is 3. The molecule has 1 heterocycles. The second kappa shape index (κ2) is 5.72. The molecule has 0 amide bonds. The minimum atomic E-state index is -0.211. The Labute approximate surface area is 122 Å². The van der Waals surface area contributed by atoms with E-state index in [-0.39, 0.29) is 17.5 Å². The van der Waals surface area contributed by atoms with Crippen LogP contribution >= 0.6 is 0 Å². The van der Waals surface area contributed by atoms with Gasteiger partial charge in [0.1, 0.15) is 0 Å². The van der Waals surface area contributed by atoms with Gasteiger partial charge in [0.2, 0.25) is 0 Å². The molecule has 0 saturated carbocycles. The summed E-state index contributed by atoms with van der Waals surface area (Å²) in [6.45, 7) is 11.3. The molecule has 2 rings (SSSR count). The molecule has 1 aliphatic carbocycles. The van der Waals surface area contributed by atoms with Crippen molar-refractivity contribution in [3.8, 4) is 0 Å². The first kappa shape index (κ1) is 15.3. The molecule has 0 aromatic carbocycles. The molecule has 5 atom stereocenters. The topological polar surface area (TPSA) is 35.5 Å². The highest BCUT2D eigenvalue weighted by molar-refractivity contribution is 5.65. The fourth-order valence-corrected chi connectivity index (χ4v) is 3.91. The van der Waals surface area contributed by atoms with E-state index in [0.29, 0.717) is 31.0 Å². The number of hydrogen-bond acceptors (Lipinski definition) is 3. The maximum absolute atomic E-state index is 11.2. The number of esters is 1. The van der Waals surface area contributed by atoms with Crippen molar-refractivity contribution >= 4 is 5.97 Å². The predicted octanol–water partition coefficient (Wildman–Crippen LogP) is 3.36. The third-order valence-electron chi connectivity index (χ3n) is 5.22. The van der Waals surface area contributed by atoms with Gasteiger partial charge in [0.15, 0.2) is 0 Å². The second-order valence-corrected chi connectivity index (χ2v) is 6.33. The van der Waals surface area contributed by atoms with Crippen molar-refractivity contribution in [2.45, 2.75) is 40.7 Å². The third-order valence-corrected chi connectivity index (χ3v) is 5.22. The number of ether oxygens (including phenoxy) is 2. The molecular formula is C17H26O3. The van der Waals surface area contributed by atoms with Crippen LogP contribution in [0.4, 0.5) is 0 Å². The molecule has 2 bridgehead atoms. The summed E-state index contributed by atoms with van der Waals surface area (Å²) in [5, 5.41) is 0. The molecule has 0 unspecified atom stereocenters. The minimum absolute atomic E-state index is 0.0894. The van der Waals surface area contributed by atoms with Crippen LogP contribution in [0.1, 0.15) is 34.6 Å². The molecule has 0 spiro atoms. The standard InChI is InChI=1S/C17H26O3/c1-6-7-15-16-11(2)8-12(3)17(10-20-15,13(16)4)9-19-14(5)18/h6-8,12-13,15-16H,9-10H2,1-5H3/b7-6+/t12-,13+,15+,16-,17-/m0/s1. The highest BCUT2D eigenvalue weighted by atomic mass is 16.5. The monoisotopic (exact) mass is 278 g/mol. The summed E-state index contributed by atoms with van der Waals surface area (Å²) in [6.07, 6.45) is 6.68. The van der Waals surface area contributed by atoms with Gasteiger partial charge in [-0.15, -0.1) is 0 Å². The van der Waals surface area contributed by atoms with E-state index >= 15 is 0 Å². The average Bonchev–Trinajstić information content (AvgIpc) is 2.36. The maximum Gasteiger partial charge on any atom is 0.302 e. The second-order valence-electron chi connectivity index (χ2n) is 6.33. The van der Waals surface area contributed by atoms with E-state index in [1.807, 2.05) is 6.92 Å². The van der Waals surface area contributed by atoms with Crippen LogP contribution in [0, 0.1) is 23.2 Å². The molecule has 2 aliphatic rings. The summed E-state index contributed by atoms with van der Waals surface area (Å²) in [6, 6.07) is 0. The first-order chi connectivity index (χ1) is 9.42. The number of carbonyl (C=O) groups is 1. The summed E-state index contributed by atoms with van der Waals surface area (Å²) in [5.41, 5.74) is 1.31. The van der Waals surface area contributed by atoms with Crippen LogP contribution in [0.5, 0.6) is 0 Å². The van der Waals surface area contributed by atoms with Crippen molar-refractivity contribution < 1.29 is 14.3 Å². The zero-order valence-electron chi connectivity index (χ0n) is 13.2. The fourth-order valence-electron chi connectivity index (χ4n) is 3.91. The van der Waals surface area contributed by atoms with Crippen molar-refractivity contribution in [1.29, 1.82) is 0 Å². The summed E-state index contributed by atoms with van der Waals surface area (Å²) in [7, 11) is 0. The predicted molar refractivity (Wildman–Crippen MR) is 79.2 cm³/mol. The largest absolute Gasteiger partial charge is 0.465 e. The van der Waals surface area contributed by atoms with Crippen molar-refractivity contribution in [2.24, 2.45) is 23.2 Å². The van der Waals surface area contributed by atoms with Gasteiger partial charge in [-0.1, -0.05) is 37.6 Å². The zero-order valence-corrected chi connectivity index (χ0v) is 13.2. The van der Waals surface area contributed by atoms with E-state index in [9.17, 15) is 4.79 Å². The van der Waals surface area contributed by atoms with Gasteiger partial charge in [-0.3, -0.25) is 4.79 Å². The smallest absolute Gasteiger partial charge is 0.302 e. The van der Waals surface area contributed by atoms with Gasteiger partial charge in [-0.2, -0.15) is 0 Å². The number of hydrogen-bond donors (Lipinski definition) is 0. The van der Waals surface area contributed by atoms with E-state index < -0.39 is 0 Å². The third kappa shape index (κ3) is 2.44. The molecule has 1 aliphatic heterocycles. The molecule has 3 heteroatoms. The van der Waals surface area contributed by atoms with Gasteiger partial charge < -0.3 is 9.47 Å². The van der Waals surface area contributed by atoms with E-state index in [0.717, 1.165) is 0 Å². The molecule has 3 nitrogen and oxygen atoms in total. The Morgan fingerprint density at radius 3 is 2.85 bits per heavy atom. The van der Waals surface area contributed by atoms with Crippen LogP contribution in [0.3, 0.4) is 0 Å². The lowest BCUT2D eigenvalue weighted by atomic mass is 9.56. The molecule has 112 valence electrons. The van der Waals surface area contributed by atoms with Crippen LogP contribution < -0.4 is 0 Å². The van der Waals surface area contributed by atoms with Crippen LogP contribution in [0.2, 0.25) is 0 Å². The van der Waals surface area contributed by atoms with Gasteiger partial charge in [0, 0.05) is 18.3 Å². The Bertz CT molecular complexity index is 438. The molecule has 0 radical (unpaired) electrons. The van der Waals surface area contributed by atoms with Crippen molar-refractivity contribution in [3.05, 3.63) is 23.8 Å². The summed E-state index contributed by atoms with van der Waals surface area (Å²) in [5.74, 6) is 0.973. The maximum atomic E-state index is 11.2. The molecule has 0 aromatic heterocycles. The first-order valence-corrected chi connectivity index (χ1v) is 7.48. The molecule has 1 saturated heterocycles.